The first-order valence-electron chi connectivity index (χ1n) is 9.12. The maximum atomic E-state index is 11.7. The summed E-state index contributed by atoms with van der Waals surface area (Å²) in [5, 5.41) is 35.9. The Morgan fingerprint density at radius 2 is 1.67 bits per heavy atom. The molecular weight excluding hydrogens is 411 g/mol. The van der Waals surface area contributed by atoms with Gasteiger partial charge < -0.3 is 26.2 Å². The lowest BCUT2D eigenvalue weighted by Crippen LogP contribution is -2.62. The highest BCUT2D eigenvalue weighted by Gasteiger charge is 2.66. The van der Waals surface area contributed by atoms with E-state index in [1.165, 1.54) is 0 Å². The van der Waals surface area contributed by atoms with Gasteiger partial charge in [-0.1, -0.05) is 18.2 Å². The molecule has 1 aromatic rings. The first-order valence-corrected chi connectivity index (χ1v) is 9.12. The second-order valence-electron chi connectivity index (χ2n) is 7.62. The number of rotatable bonds is 5. The van der Waals surface area contributed by atoms with Gasteiger partial charge in [-0.25, -0.2) is 4.79 Å². The molecule has 2 saturated carbocycles. The van der Waals surface area contributed by atoms with Crippen LogP contribution in [0, 0.1) is 23.7 Å². The molecule has 2 bridgehead atoms. The van der Waals surface area contributed by atoms with Crippen LogP contribution in [-0.2, 0) is 20.8 Å². The van der Waals surface area contributed by atoms with Gasteiger partial charge in [0.15, 0.2) is 0 Å². The van der Waals surface area contributed by atoms with E-state index in [1.54, 1.807) is 12.1 Å². The number of benzene rings is 1. The van der Waals surface area contributed by atoms with Gasteiger partial charge >= 0.3 is 24.1 Å². The number of para-hydroxylation sites is 1. The van der Waals surface area contributed by atoms with Crippen LogP contribution < -0.4 is 5.73 Å². The average Bonchev–Trinajstić information content (AvgIpc) is 3.17. The molecular formula is C19H22F3NO7. The van der Waals surface area contributed by atoms with Crippen molar-refractivity contribution in [1.82, 2.24) is 0 Å². The fourth-order valence-electron chi connectivity index (χ4n) is 4.73. The minimum atomic E-state index is -5.08. The molecule has 0 spiro atoms. The number of fused-ring (bicyclic) bond motifs is 2. The summed E-state index contributed by atoms with van der Waals surface area (Å²) >= 11 is 0. The maximum Gasteiger partial charge on any atom is 0.490 e. The van der Waals surface area contributed by atoms with E-state index in [4.69, 9.17) is 15.6 Å². The summed E-state index contributed by atoms with van der Waals surface area (Å²) in [6.45, 7) is 0. The summed E-state index contributed by atoms with van der Waals surface area (Å²) in [7, 11) is 0. The third-order valence-corrected chi connectivity index (χ3v) is 5.99. The van der Waals surface area contributed by atoms with Crippen LogP contribution in [0.4, 0.5) is 13.2 Å². The minimum Gasteiger partial charge on any atom is -0.508 e. The number of hydrogen-bond acceptors (Lipinski definition) is 5. The van der Waals surface area contributed by atoms with Gasteiger partial charge in [-0.15, -0.1) is 0 Å². The van der Waals surface area contributed by atoms with E-state index in [9.17, 15) is 38.1 Å². The number of hydrogen-bond donors (Lipinski definition) is 5. The van der Waals surface area contributed by atoms with Crippen LogP contribution in [0.15, 0.2) is 24.3 Å². The smallest absolute Gasteiger partial charge is 0.490 e. The van der Waals surface area contributed by atoms with Crippen LogP contribution in [0.2, 0.25) is 0 Å². The van der Waals surface area contributed by atoms with Crippen LogP contribution in [0.3, 0.4) is 0 Å². The summed E-state index contributed by atoms with van der Waals surface area (Å²) in [6, 6.07) is 7.07. The Morgan fingerprint density at radius 1 is 1.10 bits per heavy atom. The fourth-order valence-corrected chi connectivity index (χ4v) is 4.73. The van der Waals surface area contributed by atoms with Gasteiger partial charge in [-0.05, 0) is 55.1 Å². The molecule has 3 rings (SSSR count). The van der Waals surface area contributed by atoms with Crippen molar-refractivity contribution in [2.75, 3.05) is 0 Å². The van der Waals surface area contributed by atoms with Crippen molar-refractivity contribution >= 4 is 17.9 Å². The van der Waals surface area contributed by atoms with Gasteiger partial charge in [0.05, 0.1) is 5.92 Å². The molecule has 6 N–H and O–H groups in total. The molecule has 0 aromatic heterocycles. The highest BCUT2D eigenvalue weighted by Crippen LogP contribution is 2.57. The molecule has 0 aliphatic heterocycles. The normalized spacial score (nSPS) is 29.7. The molecule has 2 fully saturated rings. The van der Waals surface area contributed by atoms with Gasteiger partial charge in [0, 0.05) is 0 Å². The lowest BCUT2D eigenvalue weighted by atomic mass is 9.67. The SMILES string of the molecule is N[C@]1(C(=O)O)C2C[C@H](C[C@H]2CCc2ccccc2O)[C@@H]1C(=O)O.O=C(O)C(F)(F)F. The van der Waals surface area contributed by atoms with Crippen molar-refractivity contribution in [3.05, 3.63) is 29.8 Å². The number of carboxylic acid groups (broad SMARTS) is 3. The summed E-state index contributed by atoms with van der Waals surface area (Å²) in [6.07, 6.45) is -2.49. The second kappa shape index (κ2) is 8.50. The summed E-state index contributed by atoms with van der Waals surface area (Å²) in [5.41, 5.74) is 5.23. The zero-order chi connectivity index (χ0) is 22.9. The molecule has 1 unspecified atom stereocenters. The number of carbonyl (C=O) groups is 3. The summed E-state index contributed by atoms with van der Waals surface area (Å²) in [4.78, 5) is 32.0. The Morgan fingerprint density at radius 3 is 2.13 bits per heavy atom. The highest BCUT2D eigenvalue weighted by atomic mass is 19.4. The van der Waals surface area contributed by atoms with E-state index < -0.39 is 35.5 Å². The molecule has 5 atom stereocenters. The Kier molecular flexibility index (Phi) is 6.65. The second-order valence-corrected chi connectivity index (χ2v) is 7.62. The Hall–Kier alpha value is -2.82. The van der Waals surface area contributed by atoms with E-state index in [2.05, 4.69) is 0 Å². The van der Waals surface area contributed by atoms with Crippen LogP contribution in [-0.4, -0.2) is 50.0 Å². The quantitative estimate of drug-likeness (QED) is 0.472. The number of halogens is 3. The molecule has 8 nitrogen and oxygen atoms in total. The number of phenols is 1. The van der Waals surface area contributed by atoms with Gasteiger partial charge in [0.1, 0.15) is 11.3 Å². The first kappa shape index (κ1) is 23.5. The summed E-state index contributed by atoms with van der Waals surface area (Å²) < 4.78 is 31.7. The van der Waals surface area contributed by atoms with Crippen molar-refractivity contribution in [3.63, 3.8) is 0 Å². The molecule has 0 amide bonds. The largest absolute Gasteiger partial charge is 0.508 e. The van der Waals surface area contributed by atoms with E-state index in [0.29, 0.717) is 25.7 Å². The van der Waals surface area contributed by atoms with Gasteiger partial charge in [0.2, 0.25) is 0 Å². The molecule has 30 heavy (non-hydrogen) atoms. The molecule has 2 aliphatic carbocycles. The van der Waals surface area contributed by atoms with E-state index >= 15 is 0 Å². The molecule has 11 heteroatoms. The minimum absolute atomic E-state index is 0.0799. The third-order valence-electron chi connectivity index (χ3n) is 5.99. The van der Waals surface area contributed by atoms with E-state index in [1.807, 2.05) is 12.1 Å². The number of aromatic hydroxyl groups is 1. The van der Waals surface area contributed by atoms with E-state index in [0.717, 1.165) is 5.56 Å². The molecule has 1 aromatic carbocycles. The predicted octanol–water partition coefficient (Wildman–Crippen LogP) is 2.10. The topological polar surface area (TPSA) is 158 Å². The number of nitrogens with two attached hydrogens (primary N) is 1. The zero-order valence-corrected chi connectivity index (χ0v) is 15.7. The Bertz CT molecular complexity index is 829. The van der Waals surface area contributed by atoms with Gasteiger partial charge in [-0.2, -0.15) is 13.2 Å². The van der Waals surface area contributed by atoms with Gasteiger partial charge in [-0.3, -0.25) is 9.59 Å². The van der Waals surface area contributed by atoms with E-state index in [-0.39, 0.29) is 23.5 Å². The lowest BCUT2D eigenvalue weighted by molar-refractivity contribution is -0.192. The third kappa shape index (κ3) is 4.50. The van der Waals surface area contributed by atoms with Crippen molar-refractivity contribution in [2.45, 2.75) is 37.4 Å². The van der Waals surface area contributed by atoms with Crippen molar-refractivity contribution < 1.29 is 48.0 Å². The number of aryl methyl sites for hydroxylation is 1. The fraction of sp³-hybridized carbons (Fsp3) is 0.526. The molecule has 0 heterocycles. The number of aliphatic carboxylic acids is 3. The van der Waals surface area contributed by atoms with Crippen molar-refractivity contribution in [3.8, 4) is 5.75 Å². The standard InChI is InChI=1S/C17H21NO5.C2HF3O2/c18-17(16(22)23)12-8-11(14(17)15(20)21)7-10(12)6-5-9-3-1-2-4-13(9)19;3-2(4,5)1(6)7/h1-4,10-12,14,19H,5-8,18H2,(H,20,21)(H,22,23);(H,6,7)/t10-,11+,12?,14-,17-;/m1./s1. The lowest BCUT2D eigenvalue weighted by Gasteiger charge is -2.39. The first-order chi connectivity index (χ1) is 13.8. The zero-order valence-electron chi connectivity index (χ0n) is 15.7. The predicted molar refractivity (Wildman–Crippen MR) is 95.5 cm³/mol. The highest BCUT2D eigenvalue weighted by molar-refractivity contribution is 5.88. The molecule has 166 valence electrons. The maximum absolute atomic E-state index is 11.7. The van der Waals surface area contributed by atoms with Crippen molar-refractivity contribution in [2.24, 2.45) is 29.4 Å². The Balaban J connectivity index is 0.000000396. The van der Waals surface area contributed by atoms with Crippen LogP contribution in [0.5, 0.6) is 5.75 Å². The number of carboxylic acids is 3. The molecule has 0 radical (unpaired) electrons. The van der Waals surface area contributed by atoms with Crippen LogP contribution in [0.25, 0.3) is 0 Å². The number of alkyl halides is 3. The summed E-state index contributed by atoms with van der Waals surface area (Å²) in [5.74, 6) is -6.28. The monoisotopic (exact) mass is 433 g/mol. The molecule has 0 saturated heterocycles. The average molecular weight is 433 g/mol. The van der Waals surface area contributed by atoms with Crippen LogP contribution in [0.1, 0.15) is 24.8 Å². The van der Waals surface area contributed by atoms with Crippen molar-refractivity contribution in [1.29, 1.82) is 0 Å². The Labute approximate surface area is 169 Å². The van der Waals surface area contributed by atoms with Gasteiger partial charge in [0.25, 0.3) is 0 Å². The molecule has 2 aliphatic rings. The number of phenolic OH excluding ortho intramolecular Hbond substituents is 1. The van der Waals surface area contributed by atoms with Crippen LogP contribution >= 0.6 is 0 Å².